The number of nitrogens with zero attached hydrogens (tertiary/aromatic N) is 1. The number of hydrogen-bond donors (Lipinski definition) is 4. The number of hydrogen-bond acceptors (Lipinski definition) is 13. The molecule has 1 saturated heterocycles. The summed E-state index contributed by atoms with van der Waals surface area (Å²) in [5, 5.41) is 47.0. The minimum atomic E-state index is -2.28. The summed E-state index contributed by atoms with van der Waals surface area (Å²) in [6.45, 7) is 8.56. The summed E-state index contributed by atoms with van der Waals surface area (Å²) < 4.78 is 23.2. The van der Waals surface area contributed by atoms with Crippen molar-refractivity contribution >= 4 is 23.3 Å². The number of aliphatic hydroxyl groups excluding tert-OH is 1. The molecule has 0 bridgehead atoms. The molecule has 0 aromatic heterocycles. The molecule has 1 aliphatic heterocycles. The quantitative estimate of drug-likeness (QED) is 0.117. The normalized spacial score (nSPS) is 25.1. The van der Waals surface area contributed by atoms with Crippen LogP contribution in [-0.4, -0.2) is 106 Å². The van der Waals surface area contributed by atoms with E-state index in [2.05, 4.69) is 18.7 Å². The number of fused-ring (bicyclic) bond motifs is 3. The van der Waals surface area contributed by atoms with Crippen molar-refractivity contribution in [1.29, 1.82) is 0 Å². The lowest BCUT2D eigenvalue weighted by Gasteiger charge is -2.45. The number of phenols is 2. The highest BCUT2D eigenvalue weighted by Gasteiger charge is 2.51. The van der Waals surface area contributed by atoms with Gasteiger partial charge in [0, 0.05) is 48.4 Å². The number of carbonyl (C=O) groups excluding carboxylic acids is 4. The Morgan fingerprint density at radius 2 is 1.62 bits per heavy atom. The van der Waals surface area contributed by atoms with E-state index < -0.39 is 95.6 Å². The molecule has 2 aliphatic carbocycles. The Balaban J connectivity index is 1.58. The Morgan fingerprint density at radius 1 is 0.962 bits per heavy atom. The lowest BCUT2D eigenvalue weighted by Crippen LogP contribution is -2.56. The molecule has 3 aliphatic rings. The number of benzene rings is 2. The number of methoxy groups -OCH3 is 1. The summed E-state index contributed by atoms with van der Waals surface area (Å²) >= 11 is 0. The van der Waals surface area contributed by atoms with Crippen LogP contribution in [0.15, 0.2) is 18.2 Å². The third-order valence-corrected chi connectivity index (χ3v) is 10.8. The van der Waals surface area contributed by atoms with Gasteiger partial charge < -0.3 is 39.4 Å². The van der Waals surface area contributed by atoms with Crippen molar-refractivity contribution in [3.05, 3.63) is 51.6 Å². The zero-order valence-corrected chi connectivity index (χ0v) is 31.3. The first-order chi connectivity index (χ1) is 25.3. The smallest absolute Gasteiger partial charge is 0.306 e. The molecule has 13 heteroatoms. The van der Waals surface area contributed by atoms with E-state index in [0.29, 0.717) is 6.42 Å². The van der Waals surface area contributed by atoms with Crippen molar-refractivity contribution in [2.75, 3.05) is 26.8 Å². The molecule has 1 heterocycles. The number of phenolic OH excluding ortho intramolecular Hbond substituents is 2. The van der Waals surface area contributed by atoms with Gasteiger partial charge in [0.2, 0.25) is 11.6 Å². The molecule has 5 rings (SSSR count). The standard InChI is InChI=1S/C40H53NO12/c1-6-9-15-29(43)51-21-28(42)40(49)19-24-32(39(48)34-33(37(24)46)36(45)23-13-12-14-26(50-5)31(23)38(34)47)27(20-40)53-30-18-25(35(44)22(4)52-30)41(16-10-7-2)17-11-8-3/h12-14,22,25,27,30,35,44,46,48-49H,6-11,15-21H2,1-5H3. The largest absolute Gasteiger partial charge is 0.507 e. The highest BCUT2D eigenvalue weighted by molar-refractivity contribution is 6.31. The molecule has 6 unspecified atom stereocenters. The van der Waals surface area contributed by atoms with Gasteiger partial charge in [-0.1, -0.05) is 52.2 Å². The van der Waals surface area contributed by atoms with Crippen molar-refractivity contribution in [3.63, 3.8) is 0 Å². The summed E-state index contributed by atoms with van der Waals surface area (Å²) in [4.78, 5) is 56.2. The van der Waals surface area contributed by atoms with Crippen LogP contribution >= 0.6 is 0 Å². The summed E-state index contributed by atoms with van der Waals surface area (Å²) in [5.41, 5.74) is -3.56. The molecule has 1 fully saturated rings. The second-order valence-corrected chi connectivity index (χ2v) is 14.4. The Morgan fingerprint density at radius 3 is 2.26 bits per heavy atom. The van der Waals surface area contributed by atoms with Gasteiger partial charge >= 0.3 is 5.97 Å². The molecule has 0 radical (unpaired) electrons. The van der Waals surface area contributed by atoms with Crippen LogP contribution in [0.4, 0.5) is 0 Å². The molecule has 0 saturated carbocycles. The molecule has 13 nitrogen and oxygen atoms in total. The highest BCUT2D eigenvalue weighted by atomic mass is 16.7. The topological polar surface area (TPSA) is 189 Å². The number of unbranched alkanes of at least 4 members (excludes halogenated alkanes) is 3. The Bertz CT molecular complexity index is 1700. The first kappa shape index (κ1) is 40.3. The number of Topliss-reactive ketones (excluding diaryl/α,β-unsaturated/α-hetero) is 1. The van der Waals surface area contributed by atoms with Crippen molar-refractivity contribution in [2.24, 2.45) is 0 Å². The monoisotopic (exact) mass is 739 g/mol. The van der Waals surface area contributed by atoms with Gasteiger partial charge in [-0.2, -0.15) is 0 Å². The number of rotatable bonds is 16. The van der Waals surface area contributed by atoms with E-state index in [0.717, 1.165) is 45.2 Å². The zero-order chi connectivity index (χ0) is 38.6. The highest BCUT2D eigenvalue weighted by Crippen LogP contribution is 2.52. The SMILES string of the molecule is CCCCC(=O)OCC(=O)C1(O)Cc2c(O)c3c(c(O)c2C(OC2CC(N(CCCC)CCCC)C(O)C(C)O2)C1)C(=O)c1c(OC)cccc1C3=O. The van der Waals surface area contributed by atoms with Gasteiger partial charge in [-0.3, -0.25) is 24.1 Å². The lowest BCUT2D eigenvalue weighted by molar-refractivity contribution is -0.258. The first-order valence-corrected chi connectivity index (χ1v) is 18.8. The Labute approximate surface area is 310 Å². The van der Waals surface area contributed by atoms with Gasteiger partial charge in [0.1, 0.15) is 22.8 Å². The number of esters is 1. The van der Waals surface area contributed by atoms with Gasteiger partial charge in [0.25, 0.3) is 0 Å². The van der Waals surface area contributed by atoms with Crippen molar-refractivity contribution in [2.45, 2.75) is 128 Å². The fourth-order valence-electron chi connectivity index (χ4n) is 7.75. The zero-order valence-electron chi connectivity index (χ0n) is 31.3. The summed E-state index contributed by atoms with van der Waals surface area (Å²) in [5.74, 6) is -4.21. The number of aromatic hydroxyl groups is 2. The van der Waals surface area contributed by atoms with Gasteiger partial charge in [-0.25, -0.2) is 0 Å². The maximum Gasteiger partial charge on any atom is 0.306 e. The van der Waals surface area contributed by atoms with Crippen LogP contribution < -0.4 is 4.74 Å². The van der Waals surface area contributed by atoms with Gasteiger partial charge in [-0.15, -0.1) is 0 Å². The maximum atomic E-state index is 14.1. The maximum absolute atomic E-state index is 14.1. The molecule has 0 spiro atoms. The third kappa shape index (κ3) is 8.00. The van der Waals surface area contributed by atoms with Gasteiger partial charge in [0.05, 0.1) is 42.1 Å². The average Bonchev–Trinajstić information content (AvgIpc) is 3.14. The fraction of sp³-hybridized carbons (Fsp3) is 0.600. The van der Waals surface area contributed by atoms with E-state index in [1.54, 1.807) is 6.92 Å². The number of ketones is 3. The molecule has 290 valence electrons. The van der Waals surface area contributed by atoms with Gasteiger partial charge in [0.15, 0.2) is 18.7 Å². The van der Waals surface area contributed by atoms with Crippen molar-refractivity contribution in [3.8, 4) is 17.2 Å². The lowest BCUT2D eigenvalue weighted by atomic mass is 9.72. The van der Waals surface area contributed by atoms with Crippen LogP contribution in [0.5, 0.6) is 17.2 Å². The van der Waals surface area contributed by atoms with Crippen LogP contribution in [0.25, 0.3) is 0 Å². The molecule has 2 aromatic rings. The molecule has 0 amide bonds. The molecule has 4 N–H and O–H groups in total. The minimum Gasteiger partial charge on any atom is -0.507 e. The van der Waals surface area contributed by atoms with Crippen LogP contribution in [0.2, 0.25) is 0 Å². The Kier molecular flexibility index (Phi) is 13.0. The number of carbonyl (C=O) groups is 4. The van der Waals surface area contributed by atoms with Gasteiger partial charge in [-0.05, 0) is 45.3 Å². The van der Waals surface area contributed by atoms with Crippen molar-refractivity contribution < 1.29 is 58.6 Å². The summed E-state index contributed by atoms with van der Waals surface area (Å²) in [6.07, 6.45) is 0.432. The van der Waals surface area contributed by atoms with Crippen molar-refractivity contribution in [1.82, 2.24) is 4.90 Å². The second kappa shape index (κ2) is 17.1. The summed E-state index contributed by atoms with van der Waals surface area (Å²) in [6, 6.07) is 4.08. The van der Waals surface area contributed by atoms with Crippen LogP contribution in [-0.2, 0) is 30.2 Å². The molecule has 53 heavy (non-hydrogen) atoms. The van der Waals surface area contributed by atoms with Crippen LogP contribution in [0.3, 0.4) is 0 Å². The molecule has 6 atom stereocenters. The third-order valence-electron chi connectivity index (χ3n) is 10.8. The van der Waals surface area contributed by atoms with Crippen LogP contribution in [0.1, 0.15) is 135 Å². The van der Waals surface area contributed by atoms with Crippen LogP contribution in [0, 0.1) is 0 Å². The fourth-order valence-corrected chi connectivity index (χ4v) is 7.75. The number of ether oxygens (including phenoxy) is 4. The first-order valence-electron chi connectivity index (χ1n) is 18.8. The predicted molar refractivity (Wildman–Crippen MR) is 192 cm³/mol. The molecular formula is C40H53NO12. The van der Waals surface area contributed by atoms with E-state index in [-0.39, 0.29) is 46.9 Å². The second-order valence-electron chi connectivity index (χ2n) is 14.4. The minimum absolute atomic E-state index is 0.0460. The van der Waals surface area contributed by atoms with E-state index in [1.165, 1.54) is 25.3 Å². The average molecular weight is 740 g/mol. The predicted octanol–water partition coefficient (Wildman–Crippen LogP) is 4.69. The van der Waals surface area contributed by atoms with E-state index in [9.17, 15) is 39.6 Å². The molecule has 2 aromatic carbocycles. The Hall–Kier alpha value is -3.88. The van der Waals surface area contributed by atoms with E-state index in [4.69, 9.17) is 18.9 Å². The molecular weight excluding hydrogens is 686 g/mol. The van der Waals surface area contributed by atoms with E-state index >= 15 is 0 Å². The van der Waals surface area contributed by atoms with E-state index in [1.807, 2.05) is 6.92 Å². The summed E-state index contributed by atoms with van der Waals surface area (Å²) in [7, 11) is 1.34. The number of aliphatic hydroxyl groups is 2.